The van der Waals surface area contributed by atoms with Gasteiger partial charge in [-0.1, -0.05) is 74.5 Å². The topological polar surface area (TPSA) is 79.5 Å². The van der Waals surface area contributed by atoms with Gasteiger partial charge in [-0.05, 0) is 48.2 Å². The monoisotopic (exact) mass is 640 g/mol. The van der Waals surface area contributed by atoms with Crippen molar-refractivity contribution in [3.05, 3.63) is 131 Å². The highest BCUT2D eigenvalue weighted by molar-refractivity contribution is 5.99. The first-order valence-electron chi connectivity index (χ1n) is 16.2. The van der Waals surface area contributed by atoms with E-state index in [0.29, 0.717) is 24.7 Å². The summed E-state index contributed by atoms with van der Waals surface area (Å²) in [5.74, 6) is -0.169. The predicted molar refractivity (Wildman–Crippen MR) is 189 cm³/mol. The minimum absolute atomic E-state index is 0.00451. The molecule has 2 heterocycles. The molecule has 0 saturated heterocycles. The van der Waals surface area contributed by atoms with Gasteiger partial charge in [0.1, 0.15) is 30.5 Å². The third kappa shape index (κ3) is 6.28. The molecule has 244 valence electrons. The summed E-state index contributed by atoms with van der Waals surface area (Å²) in [6.45, 7) is 11.4. The van der Waals surface area contributed by atoms with Crippen molar-refractivity contribution in [2.75, 3.05) is 0 Å². The molecule has 7 nitrogen and oxygen atoms in total. The first-order chi connectivity index (χ1) is 23.0. The summed E-state index contributed by atoms with van der Waals surface area (Å²) in [4.78, 5) is 39.5. The summed E-state index contributed by atoms with van der Waals surface area (Å²) < 4.78 is 16.1. The predicted octanol–water partition coefficient (Wildman–Crippen LogP) is 9.17. The van der Waals surface area contributed by atoms with Crippen molar-refractivity contribution in [2.24, 2.45) is 0 Å². The fourth-order valence-electron chi connectivity index (χ4n) is 6.47. The Morgan fingerprint density at radius 3 is 1.33 bits per heavy atom. The molecule has 0 aliphatic heterocycles. The van der Waals surface area contributed by atoms with Gasteiger partial charge in [0, 0.05) is 72.1 Å². The quantitative estimate of drug-likeness (QED) is 0.149. The molecule has 0 spiro atoms. The molecule has 0 bridgehead atoms. The van der Waals surface area contributed by atoms with E-state index < -0.39 is 11.8 Å². The molecular formula is C41H40N2O5. The molecular weight excluding hydrogens is 600 g/mol. The van der Waals surface area contributed by atoms with Gasteiger partial charge in [-0.15, -0.1) is 0 Å². The van der Waals surface area contributed by atoms with Gasteiger partial charge >= 0.3 is 0 Å². The maximum Gasteiger partial charge on any atom is 0.227 e. The van der Waals surface area contributed by atoms with Crippen LogP contribution in [0.15, 0.2) is 97.3 Å². The van der Waals surface area contributed by atoms with Crippen LogP contribution in [0, 0.1) is 13.8 Å². The number of fused-ring (bicyclic) bond motifs is 2. The van der Waals surface area contributed by atoms with E-state index in [9.17, 15) is 14.4 Å². The van der Waals surface area contributed by atoms with E-state index in [-0.39, 0.29) is 17.6 Å². The minimum Gasteiger partial charge on any atom is -0.489 e. The van der Waals surface area contributed by atoms with Crippen LogP contribution in [0.4, 0.5) is 0 Å². The number of ether oxygens (including phenoxy) is 2. The molecule has 2 aromatic heterocycles. The Balaban J connectivity index is 1.41. The van der Waals surface area contributed by atoms with E-state index in [1.54, 1.807) is 9.13 Å². The molecule has 0 aliphatic rings. The van der Waals surface area contributed by atoms with Crippen LogP contribution in [0.25, 0.3) is 21.8 Å². The van der Waals surface area contributed by atoms with Crippen LogP contribution in [0.1, 0.15) is 82.5 Å². The van der Waals surface area contributed by atoms with Crippen molar-refractivity contribution < 1.29 is 23.9 Å². The number of carbonyl (C=O) groups excluding carboxylic acids is 3. The number of ketones is 1. The number of Topliss-reactive ketones (excluding diaryl/α,β-unsaturated/α-hetero) is 1. The molecule has 0 amide bonds. The number of carbonyl (C=O) groups is 3. The Morgan fingerprint density at radius 2 is 0.979 bits per heavy atom. The molecule has 7 heteroatoms. The van der Waals surface area contributed by atoms with Crippen molar-refractivity contribution in [3.63, 3.8) is 0 Å². The zero-order valence-electron chi connectivity index (χ0n) is 28.2. The van der Waals surface area contributed by atoms with Gasteiger partial charge in [0.2, 0.25) is 11.8 Å². The highest BCUT2D eigenvalue weighted by Crippen LogP contribution is 2.40. The van der Waals surface area contributed by atoms with Crippen molar-refractivity contribution in [2.45, 2.75) is 66.6 Å². The highest BCUT2D eigenvalue weighted by Gasteiger charge is 2.29. The average Bonchev–Trinajstić information content (AvgIpc) is 3.60. The normalized spacial score (nSPS) is 12.6. The number of rotatable bonds is 10. The van der Waals surface area contributed by atoms with Gasteiger partial charge < -0.3 is 9.47 Å². The molecule has 2 unspecified atom stereocenters. The number of nitrogens with zero attached hydrogens (tertiary/aromatic N) is 2. The second kappa shape index (κ2) is 13.4. The molecule has 4 aromatic carbocycles. The Hall–Kier alpha value is -5.43. The molecule has 6 aromatic rings. The van der Waals surface area contributed by atoms with Crippen LogP contribution >= 0.6 is 0 Å². The van der Waals surface area contributed by atoms with Crippen LogP contribution in [-0.2, 0) is 18.0 Å². The molecule has 2 atom stereocenters. The Kier molecular flexibility index (Phi) is 9.05. The summed E-state index contributed by atoms with van der Waals surface area (Å²) in [7, 11) is 0. The van der Waals surface area contributed by atoms with E-state index in [0.717, 1.165) is 55.2 Å². The smallest absolute Gasteiger partial charge is 0.227 e. The SMILES string of the molecule is CC(=O)n1cc(C)c2cc(C(C)C(=O)C(C)c3cc4c(C)cn(C(C)=O)c4cc3OCc3ccccc3)c(OCc3ccccc3)cc21. The molecule has 0 fully saturated rings. The Bertz CT molecular complexity index is 2000. The van der Waals surface area contributed by atoms with Crippen LogP contribution in [0.5, 0.6) is 11.5 Å². The van der Waals surface area contributed by atoms with E-state index in [1.165, 1.54) is 13.8 Å². The lowest BCUT2D eigenvalue weighted by molar-refractivity contribution is -0.121. The zero-order valence-corrected chi connectivity index (χ0v) is 28.2. The van der Waals surface area contributed by atoms with Crippen molar-refractivity contribution in [1.29, 1.82) is 0 Å². The summed E-state index contributed by atoms with van der Waals surface area (Å²) in [5.41, 5.74) is 6.87. The fourth-order valence-corrected chi connectivity index (χ4v) is 6.47. The molecule has 0 radical (unpaired) electrons. The molecule has 0 aliphatic carbocycles. The Morgan fingerprint density at radius 1 is 0.604 bits per heavy atom. The third-order valence-corrected chi connectivity index (χ3v) is 9.21. The van der Waals surface area contributed by atoms with Crippen LogP contribution in [-0.4, -0.2) is 26.7 Å². The van der Waals surface area contributed by atoms with Crippen molar-refractivity contribution in [1.82, 2.24) is 9.13 Å². The lowest BCUT2D eigenvalue weighted by Gasteiger charge is -2.23. The fraction of sp³-hybridized carbons (Fsp3) is 0.244. The summed E-state index contributed by atoms with van der Waals surface area (Å²) in [6.07, 6.45) is 3.65. The van der Waals surface area contributed by atoms with Gasteiger partial charge in [-0.3, -0.25) is 23.5 Å². The molecule has 48 heavy (non-hydrogen) atoms. The summed E-state index contributed by atoms with van der Waals surface area (Å²) >= 11 is 0. The van der Waals surface area contributed by atoms with Crippen molar-refractivity contribution in [3.8, 4) is 11.5 Å². The van der Waals surface area contributed by atoms with Gasteiger partial charge in [-0.25, -0.2) is 0 Å². The van der Waals surface area contributed by atoms with Gasteiger partial charge in [0.15, 0.2) is 0 Å². The first-order valence-corrected chi connectivity index (χ1v) is 16.2. The standard InChI is InChI=1S/C41H40N2O5/c1-25-21-42(29(5)44)37-19-39(47-23-31-13-9-7-10-14-31)35(17-33(25)37)27(3)41(46)28(4)36-18-34-26(2)22-43(30(6)45)38(34)20-40(36)48-24-32-15-11-8-12-16-32/h7-22,27-28H,23-24H2,1-6H3. The first kappa shape index (κ1) is 32.5. The second-order valence-electron chi connectivity index (χ2n) is 12.6. The number of benzene rings is 4. The summed E-state index contributed by atoms with van der Waals surface area (Å²) in [6, 6.07) is 27.5. The minimum atomic E-state index is -0.546. The number of hydrogen-bond acceptors (Lipinski definition) is 5. The van der Waals surface area contributed by atoms with Gasteiger partial charge in [-0.2, -0.15) is 0 Å². The maximum atomic E-state index is 14.5. The highest BCUT2D eigenvalue weighted by atomic mass is 16.5. The molecule has 0 saturated carbocycles. The number of aryl methyl sites for hydroxylation is 2. The van der Waals surface area contributed by atoms with E-state index in [1.807, 2.05) is 125 Å². The van der Waals surface area contributed by atoms with Crippen LogP contribution in [0.3, 0.4) is 0 Å². The Labute approximate surface area is 280 Å². The lowest BCUT2D eigenvalue weighted by atomic mass is 9.84. The van der Waals surface area contributed by atoms with E-state index >= 15 is 0 Å². The van der Waals surface area contributed by atoms with Gasteiger partial charge in [0.25, 0.3) is 0 Å². The molecule has 0 N–H and O–H groups in total. The van der Waals surface area contributed by atoms with E-state index in [2.05, 4.69) is 0 Å². The summed E-state index contributed by atoms with van der Waals surface area (Å²) in [5, 5.41) is 1.79. The van der Waals surface area contributed by atoms with Crippen LogP contribution in [0.2, 0.25) is 0 Å². The van der Waals surface area contributed by atoms with E-state index in [4.69, 9.17) is 9.47 Å². The van der Waals surface area contributed by atoms with Gasteiger partial charge in [0.05, 0.1) is 11.0 Å². The van der Waals surface area contributed by atoms with Crippen LogP contribution < -0.4 is 9.47 Å². The number of hydrogen-bond donors (Lipinski definition) is 0. The third-order valence-electron chi connectivity index (χ3n) is 9.21. The zero-order chi connectivity index (χ0) is 34.1. The molecule has 6 rings (SSSR count). The second-order valence-corrected chi connectivity index (χ2v) is 12.6. The van der Waals surface area contributed by atoms with Crippen molar-refractivity contribution >= 4 is 39.4 Å². The largest absolute Gasteiger partial charge is 0.489 e. The number of aromatic nitrogens is 2. The lowest BCUT2D eigenvalue weighted by Crippen LogP contribution is -2.18. The average molecular weight is 641 g/mol. The maximum absolute atomic E-state index is 14.5.